The minimum atomic E-state index is -0.115. The van der Waals surface area contributed by atoms with Gasteiger partial charge in [0.2, 0.25) is 5.88 Å². The average Bonchev–Trinajstić information content (AvgIpc) is 3.45. The van der Waals surface area contributed by atoms with Crippen molar-refractivity contribution < 1.29 is 9.53 Å². The molecule has 11 nitrogen and oxygen atoms in total. The van der Waals surface area contributed by atoms with Gasteiger partial charge in [0.15, 0.2) is 0 Å². The quantitative estimate of drug-likeness (QED) is 0.330. The molecule has 1 fully saturated rings. The standard InChI is InChI=1S/C30H26N8O3/c1-35-8-7-20(14-28(35)39)23-13-25(29-24(15-31)18-34-38(29)19-23)21-3-5-26(32-16-21)36-9-11-37(12-10-36)30(40)22-4-6-27(41-2)33-17-22/h3-8,13-14,16-19H,9-12H2,1-2H3. The van der Waals surface area contributed by atoms with E-state index in [2.05, 4.69) is 21.1 Å². The molecule has 0 atom stereocenters. The lowest BCUT2D eigenvalue weighted by Gasteiger charge is -2.35. The van der Waals surface area contributed by atoms with Crippen LogP contribution in [0.15, 0.2) is 78.2 Å². The van der Waals surface area contributed by atoms with Crippen molar-refractivity contribution in [2.45, 2.75) is 0 Å². The van der Waals surface area contributed by atoms with Gasteiger partial charge in [0.1, 0.15) is 11.9 Å². The fourth-order valence-corrected chi connectivity index (χ4v) is 4.99. The number of hydrogen-bond donors (Lipinski definition) is 0. The van der Waals surface area contributed by atoms with Gasteiger partial charge >= 0.3 is 0 Å². The Labute approximate surface area is 235 Å². The number of rotatable bonds is 5. The summed E-state index contributed by atoms with van der Waals surface area (Å²) in [5.41, 5.74) is 4.71. The van der Waals surface area contributed by atoms with Gasteiger partial charge in [-0.15, -0.1) is 0 Å². The molecule has 0 radical (unpaired) electrons. The van der Waals surface area contributed by atoms with E-state index in [1.807, 2.05) is 35.4 Å². The molecule has 1 aliphatic heterocycles. The van der Waals surface area contributed by atoms with Gasteiger partial charge in [-0.2, -0.15) is 10.4 Å². The molecule has 1 amide bonds. The van der Waals surface area contributed by atoms with Gasteiger partial charge in [-0.25, -0.2) is 14.5 Å². The first kappa shape index (κ1) is 25.8. The van der Waals surface area contributed by atoms with E-state index >= 15 is 0 Å². The summed E-state index contributed by atoms with van der Waals surface area (Å²) in [6.07, 6.45) is 8.40. The predicted octanol–water partition coefficient (Wildman–Crippen LogP) is 3.00. The lowest BCUT2D eigenvalue weighted by molar-refractivity contribution is 0.0746. The third-order valence-corrected chi connectivity index (χ3v) is 7.31. The maximum absolute atomic E-state index is 12.9. The highest BCUT2D eigenvalue weighted by molar-refractivity contribution is 5.94. The van der Waals surface area contributed by atoms with E-state index < -0.39 is 0 Å². The number of amides is 1. The normalized spacial score (nSPS) is 13.3. The van der Waals surface area contributed by atoms with Crippen molar-refractivity contribution in [3.8, 4) is 34.2 Å². The van der Waals surface area contributed by atoms with E-state index in [1.165, 1.54) is 24.1 Å². The molecule has 1 aliphatic rings. The average molecular weight is 547 g/mol. The number of carbonyl (C=O) groups is 1. The first-order chi connectivity index (χ1) is 19.9. The van der Waals surface area contributed by atoms with Crippen molar-refractivity contribution in [3.05, 3.63) is 94.9 Å². The van der Waals surface area contributed by atoms with Crippen LogP contribution in [-0.2, 0) is 7.05 Å². The Hall–Kier alpha value is -5.50. The summed E-state index contributed by atoms with van der Waals surface area (Å²) < 4.78 is 8.26. The maximum atomic E-state index is 12.9. The SMILES string of the molecule is COc1ccc(C(=O)N2CCN(c3ccc(-c4cc(-c5ccn(C)c(=O)c5)cn5ncc(C#N)c45)cn3)CC2)cn1. The molecule has 5 aromatic heterocycles. The molecular weight excluding hydrogens is 520 g/mol. The van der Waals surface area contributed by atoms with Crippen molar-refractivity contribution in [2.24, 2.45) is 7.05 Å². The predicted molar refractivity (Wildman–Crippen MR) is 153 cm³/mol. The Bertz CT molecular complexity index is 1840. The molecule has 0 aromatic carbocycles. The summed E-state index contributed by atoms with van der Waals surface area (Å²) in [4.78, 5) is 38.0. The van der Waals surface area contributed by atoms with E-state index in [0.717, 1.165) is 28.1 Å². The Kier molecular flexibility index (Phi) is 6.65. The summed E-state index contributed by atoms with van der Waals surface area (Å²) in [6, 6.07) is 15.0. The van der Waals surface area contributed by atoms with Crippen LogP contribution in [0.5, 0.6) is 5.88 Å². The van der Waals surface area contributed by atoms with Crippen LogP contribution < -0.4 is 15.2 Å². The topological polar surface area (TPSA) is 122 Å². The van der Waals surface area contributed by atoms with Gasteiger partial charge in [-0.3, -0.25) is 9.59 Å². The van der Waals surface area contributed by atoms with Crippen molar-refractivity contribution in [3.63, 3.8) is 0 Å². The van der Waals surface area contributed by atoms with E-state index in [-0.39, 0.29) is 11.5 Å². The second-order valence-electron chi connectivity index (χ2n) is 9.74. The number of methoxy groups -OCH3 is 1. The number of anilines is 1. The van der Waals surface area contributed by atoms with Crippen LogP contribution in [0.4, 0.5) is 5.82 Å². The van der Waals surface area contributed by atoms with Crippen LogP contribution in [0, 0.1) is 11.3 Å². The minimum Gasteiger partial charge on any atom is -0.481 e. The molecule has 0 bridgehead atoms. The first-order valence-corrected chi connectivity index (χ1v) is 13.0. The molecule has 0 N–H and O–H groups in total. The number of nitrogens with zero attached hydrogens (tertiary/aromatic N) is 8. The molecule has 0 saturated carbocycles. The molecule has 0 unspecified atom stereocenters. The number of piperazine rings is 1. The zero-order valence-corrected chi connectivity index (χ0v) is 22.6. The Morgan fingerprint density at radius 1 is 0.951 bits per heavy atom. The summed E-state index contributed by atoms with van der Waals surface area (Å²) >= 11 is 0. The molecule has 6 heterocycles. The number of hydrogen-bond acceptors (Lipinski definition) is 8. The van der Waals surface area contributed by atoms with Crippen LogP contribution in [0.25, 0.3) is 27.8 Å². The van der Waals surface area contributed by atoms with Crippen LogP contribution in [-0.4, -0.2) is 68.2 Å². The number of aromatic nitrogens is 5. The molecule has 5 aromatic rings. The summed E-state index contributed by atoms with van der Waals surface area (Å²) in [6.45, 7) is 2.42. The van der Waals surface area contributed by atoms with Gasteiger partial charge < -0.3 is 19.1 Å². The van der Waals surface area contributed by atoms with Crippen molar-refractivity contribution in [2.75, 3.05) is 38.2 Å². The fourth-order valence-electron chi connectivity index (χ4n) is 4.99. The van der Waals surface area contributed by atoms with Crippen molar-refractivity contribution in [1.82, 2.24) is 29.0 Å². The van der Waals surface area contributed by atoms with Crippen molar-refractivity contribution >= 4 is 17.2 Å². The highest BCUT2D eigenvalue weighted by atomic mass is 16.5. The minimum absolute atomic E-state index is 0.0580. The number of aryl methyl sites for hydroxylation is 1. The van der Waals surface area contributed by atoms with Crippen LogP contribution in [0.3, 0.4) is 0 Å². The smallest absolute Gasteiger partial charge is 0.255 e. The highest BCUT2D eigenvalue weighted by Crippen LogP contribution is 2.32. The zero-order valence-electron chi connectivity index (χ0n) is 22.6. The van der Waals surface area contributed by atoms with Gasteiger partial charge in [0.25, 0.3) is 11.5 Å². The van der Waals surface area contributed by atoms with E-state index in [4.69, 9.17) is 9.72 Å². The Balaban J connectivity index is 1.24. The second kappa shape index (κ2) is 10.6. The molecule has 0 aliphatic carbocycles. The van der Waals surface area contributed by atoms with Gasteiger partial charge in [-0.1, -0.05) is 0 Å². The summed E-state index contributed by atoms with van der Waals surface area (Å²) in [5, 5.41) is 14.1. The zero-order chi connectivity index (χ0) is 28.5. The molecule has 204 valence electrons. The molecule has 1 saturated heterocycles. The van der Waals surface area contributed by atoms with E-state index in [0.29, 0.717) is 48.7 Å². The van der Waals surface area contributed by atoms with Gasteiger partial charge in [-0.05, 0) is 35.9 Å². The van der Waals surface area contributed by atoms with Crippen LogP contribution in [0.1, 0.15) is 15.9 Å². The maximum Gasteiger partial charge on any atom is 0.255 e. The summed E-state index contributed by atoms with van der Waals surface area (Å²) in [5.74, 6) is 1.22. The monoisotopic (exact) mass is 546 g/mol. The number of nitriles is 1. The number of fused-ring (bicyclic) bond motifs is 1. The second-order valence-corrected chi connectivity index (χ2v) is 9.74. The third-order valence-electron chi connectivity index (χ3n) is 7.31. The lowest BCUT2D eigenvalue weighted by atomic mass is 10.0. The first-order valence-electron chi connectivity index (χ1n) is 13.0. The molecular formula is C30H26N8O3. The van der Waals surface area contributed by atoms with Crippen LogP contribution in [0.2, 0.25) is 0 Å². The molecule has 6 rings (SSSR count). The van der Waals surface area contributed by atoms with E-state index in [9.17, 15) is 14.9 Å². The van der Waals surface area contributed by atoms with Gasteiger partial charge in [0, 0.05) is 86.8 Å². The van der Waals surface area contributed by atoms with Crippen molar-refractivity contribution in [1.29, 1.82) is 5.26 Å². The third kappa shape index (κ3) is 4.87. The molecule has 0 spiro atoms. The molecule has 11 heteroatoms. The Morgan fingerprint density at radius 2 is 1.78 bits per heavy atom. The number of ether oxygens (including phenoxy) is 1. The largest absolute Gasteiger partial charge is 0.481 e. The highest BCUT2D eigenvalue weighted by Gasteiger charge is 2.23. The number of carbonyl (C=O) groups excluding carboxylic acids is 1. The lowest BCUT2D eigenvalue weighted by Crippen LogP contribution is -2.49. The fraction of sp³-hybridized carbons (Fsp3) is 0.200. The Morgan fingerprint density at radius 3 is 2.44 bits per heavy atom. The van der Waals surface area contributed by atoms with E-state index in [1.54, 1.807) is 42.2 Å². The molecule has 41 heavy (non-hydrogen) atoms. The van der Waals surface area contributed by atoms with Crippen LogP contribution >= 0.6 is 0 Å². The van der Waals surface area contributed by atoms with Gasteiger partial charge in [0.05, 0.1) is 30.0 Å². The summed E-state index contributed by atoms with van der Waals surface area (Å²) in [7, 11) is 3.24. The number of pyridine rings is 4.